The molecule has 3 heteroatoms. The number of hydrogen-bond donors (Lipinski definition) is 1. The topological polar surface area (TPSA) is 20.2 Å². The molecule has 0 radical (unpaired) electrons. The molecule has 0 spiro atoms. The number of aliphatic hydroxyl groups is 1. The fourth-order valence-electron chi connectivity index (χ4n) is 5.66. The van der Waals surface area contributed by atoms with Gasteiger partial charge >= 0.3 is 0 Å². The Bertz CT molecular complexity index is 516. The highest BCUT2D eigenvalue weighted by molar-refractivity contribution is 6.30. The quantitative estimate of drug-likeness (QED) is 0.874. The Balaban J connectivity index is 1.52. The van der Waals surface area contributed by atoms with Crippen molar-refractivity contribution < 1.29 is 9.50 Å². The minimum Gasteiger partial charge on any atom is -0.392 e. The Labute approximate surface area is 130 Å². The third-order valence-electron chi connectivity index (χ3n) is 6.20. The first-order valence-electron chi connectivity index (χ1n) is 8.22. The van der Waals surface area contributed by atoms with E-state index in [1.807, 2.05) is 0 Å². The lowest BCUT2D eigenvalue weighted by Crippen LogP contribution is -2.49. The standard InChI is InChI=1S/C18H22ClFO/c19-15-3-1-2-12(18(15)20)9-16(21)17-13-5-10-4-11(7-13)8-14(17)6-10/h1-3,10-11,13-14,16-17,21H,4-9H2. The second kappa shape index (κ2) is 5.24. The molecule has 4 aliphatic carbocycles. The van der Waals surface area contributed by atoms with Crippen LogP contribution in [0.25, 0.3) is 0 Å². The molecule has 4 fully saturated rings. The van der Waals surface area contributed by atoms with E-state index >= 15 is 0 Å². The van der Waals surface area contributed by atoms with Crippen molar-refractivity contribution in [3.63, 3.8) is 0 Å². The summed E-state index contributed by atoms with van der Waals surface area (Å²) >= 11 is 5.85. The minimum absolute atomic E-state index is 0.157. The number of benzene rings is 1. The average molecular weight is 309 g/mol. The van der Waals surface area contributed by atoms with Gasteiger partial charge in [-0.05, 0) is 73.3 Å². The van der Waals surface area contributed by atoms with E-state index in [4.69, 9.17) is 11.6 Å². The van der Waals surface area contributed by atoms with Gasteiger partial charge in [0.25, 0.3) is 0 Å². The predicted octanol–water partition coefficient (Wildman–Crippen LogP) is 4.45. The van der Waals surface area contributed by atoms with E-state index in [0.29, 0.717) is 29.7 Å². The van der Waals surface area contributed by atoms with Gasteiger partial charge in [-0.2, -0.15) is 0 Å². The molecule has 1 N–H and O–H groups in total. The van der Waals surface area contributed by atoms with Gasteiger partial charge in [0.2, 0.25) is 0 Å². The van der Waals surface area contributed by atoms with Crippen LogP contribution in [0.1, 0.15) is 37.7 Å². The fraction of sp³-hybridized carbons (Fsp3) is 0.667. The monoisotopic (exact) mass is 308 g/mol. The molecule has 4 bridgehead atoms. The molecule has 0 amide bonds. The Hall–Kier alpha value is -0.600. The lowest BCUT2D eigenvalue weighted by atomic mass is 9.50. The Morgan fingerprint density at radius 2 is 1.71 bits per heavy atom. The predicted molar refractivity (Wildman–Crippen MR) is 81.7 cm³/mol. The van der Waals surface area contributed by atoms with Gasteiger partial charge in [-0.25, -0.2) is 4.39 Å². The van der Waals surface area contributed by atoms with E-state index < -0.39 is 6.10 Å². The molecule has 1 unspecified atom stereocenters. The van der Waals surface area contributed by atoms with E-state index in [1.54, 1.807) is 18.2 Å². The molecule has 1 aromatic carbocycles. The van der Waals surface area contributed by atoms with Crippen molar-refractivity contribution in [1.82, 2.24) is 0 Å². The summed E-state index contributed by atoms with van der Waals surface area (Å²) in [6, 6.07) is 5.08. The van der Waals surface area contributed by atoms with Crippen molar-refractivity contribution in [3.8, 4) is 0 Å². The summed E-state index contributed by atoms with van der Waals surface area (Å²) < 4.78 is 14.0. The Morgan fingerprint density at radius 3 is 2.33 bits per heavy atom. The summed E-state index contributed by atoms with van der Waals surface area (Å²) in [5.74, 6) is 3.15. The first-order valence-corrected chi connectivity index (χ1v) is 8.60. The fourth-order valence-corrected chi connectivity index (χ4v) is 5.86. The number of hydrogen-bond acceptors (Lipinski definition) is 1. The van der Waals surface area contributed by atoms with E-state index in [1.165, 1.54) is 32.1 Å². The van der Waals surface area contributed by atoms with Crippen LogP contribution in [0.15, 0.2) is 18.2 Å². The molecule has 0 aliphatic heterocycles. The molecular weight excluding hydrogens is 287 g/mol. The molecule has 1 nitrogen and oxygen atoms in total. The van der Waals surface area contributed by atoms with Gasteiger partial charge in [0.05, 0.1) is 11.1 Å². The van der Waals surface area contributed by atoms with Crippen LogP contribution in [0, 0.1) is 35.4 Å². The van der Waals surface area contributed by atoms with Crippen LogP contribution in [0.3, 0.4) is 0 Å². The second-order valence-corrected chi connectivity index (χ2v) is 7.90. The van der Waals surface area contributed by atoms with Crippen molar-refractivity contribution in [1.29, 1.82) is 0 Å². The molecule has 114 valence electrons. The minimum atomic E-state index is -0.423. The summed E-state index contributed by atoms with van der Waals surface area (Å²) in [7, 11) is 0. The van der Waals surface area contributed by atoms with E-state index in [0.717, 1.165) is 11.8 Å². The van der Waals surface area contributed by atoms with Gasteiger partial charge in [-0.1, -0.05) is 23.7 Å². The van der Waals surface area contributed by atoms with Crippen molar-refractivity contribution in [3.05, 3.63) is 34.6 Å². The van der Waals surface area contributed by atoms with Gasteiger partial charge in [0.15, 0.2) is 0 Å². The molecule has 1 atom stereocenters. The van der Waals surface area contributed by atoms with Gasteiger partial charge in [-0.15, -0.1) is 0 Å². The molecule has 0 heterocycles. The van der Waals surface area contributed by atoms with Crippen molar-refractivity contribution >= 4 is 11.6 Å². The Kier molecular flexibility index (Phi) is 3.50. The average Bonchev–Trinajstić information content (AvgIpc) is 2.42. The maximum atomic E-state index is 14.0. The van der Waals surface area contributed by atoms with Crippen molar-refractivity contribution in [2.75, 3.05) is 0 Å². The highest BCUT2D eigenvalue weighted by Crippen LogP contribution is 2.57. The molecule has 21 heavy (non-hydrogen) atoms. The normalized spacial score (nSPS) is 38.7. The number of aliphatic hydroxyl groups excluding tert-OH is 1. The van der Waals surface area contributed by atoms with E-state index in [-0.39, 0.29) is 10.8 Å². The van der Waals surface area contributed by atoms with Crippen LogP contribution < -0.4 is 0 Å². The first kappa shape index (κ1) is 14.0. The van der Waals surface area contributed by atoms with Crippen molar-refractivity contribution in [2.45, 2.75) is 44.6 Å². The summed E-state index contributed by atoms with van der Waals surface area (Å²) in [6.07, 6.45) is 6.53. The zero-order valence-corrected chi connectivity index (χ0v) is 12.9. The van der Waals surface area contributed by atoms with Crippen molar-refractivity contribution in [2.24, 2.45) is 29.6 Å². The maximum Gasteiger partial charge on any atom is 0.145 e. The summed E-state index contributed by atoms with van der Waals surface area (Å²) in [6.45, 7) is 0. The molecule has 0 saturated heterocycles. The zero-order valence-electron chi connectivity index (χ0n) is 12.1. The zero-order chi connectivity index (χ0) is 14.6. The van der Waals surface area contributed by atoms with Crippen LogP contribution in [-0.4, -0.2) is 11.2 Å². The summed E-state index contributed by atoms with van der Waals surface area (Å²) in [5.41, 5.74) is 0.559. The van der Waals surface area contributed by atoms with Crippen LogP contribution >= 0.6 is 11.6 Å². The molecular formula is C18H22ClFO. The van der Waals surface area contributed by atoms with E-state index in [2.05, 4.69) is 0 Å². The van der Waals surface area contributed by atoms with Crippen LogP contribution in [0.2, 0.25) is 5.02 Å². The number of halogens is 2. The lowest BCUT2D eigenvalue weighted by Gasteiger charge is -2.55. The molecule has 4 aliphatic rings. The first-order chi connectivity index (χ1) is 10.1. The van der Waals surface area contributed by atoms with Gasteiger partial charge in [0, 0.05) is 6.42 Å². The molecule has 0 aromatic heterocycles. The second-order valence-electron chi connectivity index (χ2n) is 7.49. The van der Waals surface area contributed by atoms with Crippen LogP contribution in [0.5, 0.6) is 0 Å². The Morgan fingerprint density at radius 1 is 1.10 bits per heavy atom. The number of rotatable bonds is 3. The van der Waals surface area contributed by atoms with E-state index in [9.17, 15) is 9.50 Å². The molecule has 4 saturated carbocycles. The van der Waals surface area contributed by atoms with Gasteiger partial charge < -0.3 is 5.11 Å². The summed E-state index contributed by atoms with van der Waals surface area (Å²) in [4.78, 5) is 0. The summed E-state index contributed by atoms with van der Waals surface area (Å²) in [5, 5.41) is 10.9. The smallest absolute Gasteiger partial charge is 0.145 e. The van der Waals surface area contributed by atoms with Crippen LogP contribution in [0.4, 0.5) is 4.39 Å². The molecule has 5 rings (SSSR count). The third-order valence-corrected chi connectivity index (χ3v) is 6.50. The van der Waals surface area contributed by atoms with Crippen LogP contribution in [-0.2, 0) is 6.42 Å². The third kappa shape index (κ3) is 2.41. The SMILES string of the molecule is OC(Cc1cccc(Cl)c1F)C1C2CC3CC(C2)CC1C3. The highest BCUT2D eigenvalue weighted by Gasteiger charge is 2.50. The largest absolute Gasteiger partial charge is 0.392 e. The lowest BCUT2D eigenvalue weighted by molar-refractivity contribution is -0.0889. The molecule has 1 aromatic rings. The van der Waals surface area contributed by atoms with Gasteiger partial charge in [-0.3, -0.25) is 0 Å². The maximum absolute atomic E-state index is 14.0. The van der Waals surface area contributed by atoms with Gasteiger partial charge in [0.1, 0.15) is 5.82 Å². The highest BCUT2D eigenvalue weighted by atomic mass is 35.5.